The largest absolute Gasteiger partial charge is 0.480 e. The fraction of sp³-hybridized carbons (Fsp3) is 0.357. The molecule has 1 saturated heterocycles. The molecule has 1 aromatic carbocycles. The lowest BCUT2D eigenvalue weighted by atomic mass is 10.1. The van der Waals surface area contributed by atoms with E-state index in [0.29, 0.717) is 0 Å². The summed E-state index contributed by atoms with van der Waals surface area (Å²) in [7, 11) is 0. The monoisotopic (exact) mass is 354 g/mol. The summed E-state index contributed by atoms with van der Waals surface area (Å²) >= 11 is 3.34. The van der Waals surface area contributed by atoms with E-state index in [1.165, 1.54) is 6.92 Å². The van der Waals surface area contributed by atoms with Crippen molar-refractivity contribution in [2.45, 2.75) is 19.4 Å². The topological polar surface area (TPSA) is 86.7 Å². The van der Waals surface area contributed by atoms with Crippen LogP contribution in [0.5, 0.6) is 0 Å². The maximum Gasteiger partial charge on any atom is 0.325 e. The van der Waals surface area contributed by atoms with Crippen LogP contribution in [-0.4, -0.2) is 35.5 Å². The van der Waals surface area contributed by atoms with Crippen molar-refractivity contribution >= 4 is 39.4 Å². The summed E-state index contributed by atoms with van der Waals surface area (Å²) in [4.78, 5) is 36.3. The zero-order valence-electron chi connectivity index (χ0n) is 11.4. The highest BCUT2D eigenvalue weighted by Crippen LogP contribution is 2.27. The number of anilines is 1. The van der Waals surface area contributed by atoms with E-state index in [-0.39, 0.29) is 18.9 Å². The molecule has 2 atom stereocenters. The number of carbonyl (C=O) groups excluding carboxylic acids is 2. The van der Waals surface area contributed by atoms with E-state index in [0.717, 1.165) is 10.2 Å². The van der Waals surface area contributed by atoms with Gasteiger partial charge in [0.15, 0.2) is 0 Å². The van der Waals surface area contributed by atoms with E-state index in [2.05, 4.69) is 21.2 Å². The highest BCUT2D eigenvalue weighted by molar-refractivity contribution is 9.10. The summed E-state index contributed by atoms with van der Waals surface area (Å²) in [5.74, 6) is -2.18. The number of nitrogens with zero attached hydrogens (tertiary/aromatic N) is 1. The van der Waals surface area contributed by atoms with Crippen LogP contribution in [0.1, 0.15) is 13.3 Å². The first-order valence-electron chi connectivity index (χ1n) is 6.47. The Bertz CT molecular complexity index is 590. The van der Waals surface area contributed by atoms with E-state index in [4.69, 9.17) is 5.11 Å². The minimum atomic E-state index is -1.10. The third-order valence-corrected chi connectivity index (χ3v) is 3.84. The van der Waals surface area contributed by atoms with Gasteiger partial charge in [-0.1, -0.05) is 22.0 Å². The molecule has 21 heavy (non-hydrogen) atoms. The molecule has 2 N–H and O–H groups in total. The lowest BCUT2D eigenvalue weighted by Gasteiger charge is -2.17. The SMILES string of the molecule is CC(NC(=O)C1CC(=O)N(c2cccc(Br)c2)C1)C(=O)O. The van der Waals surface area contributed by atoms with Crippen molar-refractivity contribution in [3.05, 3.63) is 28.7 Å². The number of nitrogens with one attached hydrogen (secondary N) is 1. The Balaban J connectivity index is 2.06. The van der Waals surface area contributed by atoms with Gasteiger partial charge in [0, 0.05) is 23.1 Å². The first kappa shape index (κ1) is 15.5. The normalized spacial score (nSPS) is 19.4. The molecule has 112 valence electrons. The molecule has 0 spiro atoms. The number of carboxylic acids is 1. The van der Waals surface area contributed by atoms with Gasteiger partial charge in [-0.3, -0.25) is 14.4 Å². The average molecular weight is 355 g/mol. The highest BCUT2D eigenvalue weighted by atomic mass is 79.9. The van der Waals surface area contributed by atoms with Crippen molar-refractivity contribution < 1.29 is 19.5 Å². The van der Waals surface area contributed by atoms with Gasteiger partial charge in [-0.2, -0.15) is 0 Å². The summed E-state index contributed by atoms with van der Waals surface area (Å²) in [6, 6.07) is 6.29. The van der Waals surface area contributed by atoms with Crippen LogP contribution in [0.4, 0.5) is 5.69 Å². The van der Waals surface area contributed by atoms with Crippen LogP contribution >= 0.6 is 15.9 Å². The number of aliphatic carboxylic acids is 1. The van der Waals surface area contributed by atoms with Crippen LogP contribution in [0.2, 0.25) is 0 Å². The van der Waals surface area contributed by atoms with Crippen LogP contribution in [0, 0.1) is 5.92 Å². The van der Waals surface area contributed by atoms with Gasteiger partial charge in [-0.15, -0.1) is 0 Å². The van der Waals surface area contributed by atoms with E-state index >= 15 is 0 Å². The fourth-order valence-corrected chi connectivity index (χ4v) is 2.56. The van der Waals surface area contributed by atoms with Crippen LogP contribution in [0.15, 0.2) is 28.7 Å². The molecule has 6 nitrogen and oxygen atoms in total. The summed E-state index contributed by atoms with van der Waals surface area (Å²) < 4.78 is 0.847. The second-order valence-electron chi connectivity index (χ2n) is 4.95. The van der Waals surface area contributed by atoms with Crippen LogP contribution in [0.25, 0.3) is 0 Å². The number of benzene rings is 1. The van der Waals surface area contributed by atoms with Gasteiger partial charge < -0.3 is 15.3 Å². The number of halogens is 1. The third kappa shape index (κ3) is 3.60. The number of carbonyl (C=O) groups is 3. The van der Waals surface area contributed by atoms with Gasteiger partial charge in [0.05, 0.1) is 5.92 Å². The smallest absolute Gasteiger partial charge is 0.325 e. The van der Waals surface area contributed by atoms with Crippen molar-refractivity contribution in [1.29, 1.82) is 0 Å². The molecule has 2 unspecified atom stereocenters. The van der Waals surface area contributed by atoms with E-state index in [9.17, 15) is 14.4 Å². The minimum Gasteiger partial charge on any atom is -0.480 e. The van der Waals surface area contributed by atoms with Crippen molar-refractivity contribution in [2.75, 3.05) is 11.4 Å². The van der Waals surface area contributed by atoms with Crippen LogP contribution < -0.4 is 10.2 Å². The Morgan fingerprint density at radius 2 is 2.19 bits per heavy atom. The molecular weight excluding hydrogens is 340 g/mol. The van der Waals surface area contributed by atoms with Gasteiger partial charge in [-0.05, 0) is 25.1 Å². The molecule has 1 fully saturated rings. The van der Waals surface area contributed by atoms with Crippen molar-refractivity contribution in [3.63, 3.8) is 0 Å². The lowest BCUT2D eigenvalue weighted by molar-refractivity contribution is -0.141. The predicted octanol–water partition coefficient (Wildman–Crippen LogP) is 1.39. The first-order valence-corrected chi connectivity index (χ1v) is 7.27. The number of amides is 2. The highest BCUT2D eigenvalue weighted by Gasteiger charge is 2.36. The fourth-order valence-electron chi connectivity index (χ4n) is 2.17. The molecule has 1 aliphatic heterocycles. The van der Waals surface area contributed by atoms with Gasteiger partial charge in [0.2, 0.25) is 11.8 Å². The Morgan fingerprint density at radius 1 is 1.48 bits per heavy atom. The molecule has 0 saturated carbocycles. The van der Waals surface area contributed by atoms with Gasteiger partial charge in [0.25, 0.3) is 0 Å². The van der Waals surface area contributed by atoms with Crippen molar-refractivity contribution in [1.82, 2.24) is 5.32 Å². The number of hydrogen-bond acceptors (Lipinski definition) is 3. The Kier molecular flexibility index (Phi) is 4.62. The van der Waals surface area contributed by atoms with Crippen molar-refractivity contribution in [3.8, 4) is 0 Å². The molecule has 0 aliphatic carbocycles. The van der Waals surface area contributed by atoms with Gasteiger partial charge in [0.1, 0.15) is 6.04 Å². The Labute approximate surface area is 130 Å². The molecule has 0 aromatic heterocycles. The van der Waals surface area contributed by atoms with E-state index in [1.807, 2.05) is 12.1 Å². The summed E-state index contributed by atoms with van der Waals surface area (Å²) in [5, 5.41) is 11.2. The Hall–Kier alpha value is -1.89. The summed E-state index contributed by atoms with van der Waals surface area (Å²) in [6.45, 7) is 1.65. The minimum absolute atomic E-state index is 0.0880. The average Bonchev–Trinajstić information content (AvgIpc) is 2.80. The van der Waals surface area contributed by atoms with E-state index in [1.54, 1.807) is 17.0 Å². The first-order chi connectivity index (χ1) is 9.88. The molecule has 0 bridgehead atoms. The van der Waals surface area contributed by atoms with Crippen LogP contribution in [0.3, 0.4) is 0 Å². The molecule has 2 amide bonds. The zero-order chi connectivity index (χ0) is 15.6. The summed E-state index contributed by atoms with van der Waals surface area (Å²) in [6.07, 6.45) is 0.0880. The molecule has 0 radical (unpaired) electrons. The zero-order valence-corrected chi connectivity index (χ0v) is 13.0. The third-order valence-electron chi connectivity index (χ3n) is 3.34. The van der Waals surface area contributed by atoms with Crippen LogP contribution in [-0.2, 0) is 14.4 Å². The van der Waals surface area contributed by atoms with E-state index < -0.39 is 23.8 Å². The second kappa shape index (κ2) is 6.26. The Morgan fingerprint density at radius 3 is 2.81 bits per heavy atom. The number of carboxylic acid groups (broad SMARTS) is 1. The maximum absolute atomic E-state index is 12.0. The molecule has 2 rings (SSSR count). The quantitative estimate of drug-likeness (QED) is 0.855. The predicted molar refractivity (Wildman–Crippen MR) is 79.8 cm³/mol. The van der Waals surface area contributed by atoms with Crippen molar-refractivity contribution in [2.24, 2.45) is 5.92 Å². The molecular formula is C14H15BrN2O4. The lowest BCUT2D eigenvalue weighted by Crippen LogP contribution is -2.42. The van der Waals surface area contributed by atoms with Gasteiger partial charge >= 0.3 is 5.97 Å². The molecule has 1 heterocycles. The molecule has 1 aromatic rings. The number of rotatable bonds is 4. The number of hydrogen-bond donors (Lipinski definition) is 2. The maximum atomic E-state index is 12.0. The van der Waals surface area contributed by atoms with Gasteiger partial charge in [-0.25, -0.2) is 0 Å². The molecule has 7 heteroatoms. The molecule has 1 aliphatic rings. The standard InChI is InChI=1S/C14H15BrN2O4/c1-8(14(20)21)16-13(19)9-5-12(18)17(7-9)11-4-2-3-10(15)6-11/h2-4,6,8-9H,5,7H2,1H3,(H,16,19)(H,20,21). The summed E-state index contributed by atoms with van der Waals surface area (Å²) in [5.41, 5.74) is 0.718. The second-order valence-corrected chi connectivity index (χ2v) is 5.87.